The lowest BCUT2D eigenvalue weighted by molar-refractivity contribution is -0.126. The summed E-state index contributed by atoms with van der Waals surface area (Å²) in [5.74, 6) is 0.910. The van der Waals surface area contributed by atoms with E-state index in [-0.39, 0.29) is 42.7 Å². The summed E-state index contributed by atoms with van der Waals surface area (Å²) >= 11 is 0. The van der Waals surface area contributed by atoms with Crippen molar-refractivity contribution in [1.82, 2.24) is 10.2 Å². The van der Waals surface area contributed by atoms with Gasteiger partial charge in [0.25, 0.3) is 0 Å². The number of nitrogens with two attached hydrogens (primary N) is 1. The van der Waals surface area contributed by atoms with Crippen molar-refractivity contribution in [3.63, 3.8) is 0 Å². The number of carbonyl (C=O) groups is 1. The molecule has 1 aromatic heterocycles. The number of hydrogen-bond acceptors (Lipinski definition) is 5. The molecule has 0 bridgehead atoms. The zero-order chi connectivity index (χ0) is 19.5. The fourth-order valence-electron chi connectivity index (χ4n) is 4.52. The average Bonchev–Trinajstić information content (AvgIpc) is 2.91. The molecule has 1 aromatic carbocycles. The Morgan fingerprint density at radius 3 is 2.60 bits per heavy atom. The minimum atomic E-state index is -0.0268. The molecule has 3 N–H and O–H groups in total. The first-order valence-corrected chi connectivity index (χ1v) is 10.4. The average molecular weight is 458 g/mol. The van der Waals surface area contributed by atoms with Crippen molar-refractivity contribution in [1.29, 1.82) is 0 Å². The van der Waals surface area contributed by atoms with Crippen LogP contribution in [0.4, 0.5) is 0 Å². The van der Waals surface area contributed by atoms with Crippen molar-refractivity contribution >= 4 is 41.7 Å². The Kier molecular flexibility index (Phi) is 9.44. The largest absolute Gasteiger partial charge is 0.459 e. The fourth-order valence-corrected chi connectivity index (χ4v) is 4.52. The van der Waals surface area contributed by atoms with Gasteiger partial charge in [-0.1, -0.05) is 18.2 Å². The third-order valence-corrected chi connectivity index (χ3v) is 6.25. The number of para-hydroxylation sites is 1. The van der Waals surface area contributed by atoms with Crippen molar-refractivity contribution < 1.29 is 13.9 Å². The number of nitrogens with one attached hydrogen (secondary N) is 1. The molecule has 0 aliphatic carbocycles. The molecule has 2 atom stereocenters. The van der Waals surface area contributed by atoms with Crippen LogP contribution in [0.5, 0.6) is 0 Å². The van der Waals surface area contributed by atoms with E-state index in [1.807, 2.05) is 25.1 Å². The minimum Gasteiger partial charge on any atom is -0.459 e. The molecular weight excluding hydrogens is 425 g/mol. The van der Waals surface area contributed by atoms with E-state index >= 15 is 0 Å². The van der Waals surface area contributed by atoms with E-state index in [2.05, 4.69) is 16.3 Å². The van der Waals surface area contributed by atoms with Crippen LogP contribution in [-0.2, 0) is 16.1 Å². The number of benzene rings is 1. The molecule has 0 radical (unpaired) electrons. The van der Waals surface area contributed by atoms with Crippen LogP contribution in [0.2, 0.25) is 0 Å². The Hall–Kier alpha value is -1.31. The predicted octanol–water partition coefficient (Wildman–Crippen LogP) is 3.42. The zero-order valence-electron chi connectivity index (χ0n) is 17.5. The number of aryl methyl sites for hydroxylation is 1. The maximum absolute atomic E-state index is 12.9. The number of ether oxygens (including phenoxy) is 1. The minimum absolute atomic E-state index is 0. The van der Waals surface area contributed by atoms with E-state index in [1.54, 1.807) is 0 Å². The maximum atomic E-state index is 12.9. The van der Waals surface area contributed by atoms with Crippen LogP contribution in [0.3, 0.4) is 0 Å². The molecule has 0 unspecified atom stereocenters. The first-order chi connectivity index (χ1) is 13.6. The third-order valence-electron chi connectivity index (χ3n) is 6.25. The Morgan fingerprint density at radius 2 is 1.87 bits per heavy atom. The summed E-state index contributed by atoms with van der Waals surface area (Å²) in [6, 6.07) is 8.61. The number of fused-ring (bicyclic) bond motifs is 1. The second-order valence-electron chi connectivity index (χ2n) is 8.20. The SMILES string of the molecule is Cc1c(CNC(=O)[C@@H]2CC[C@H](N)CN(C3CCOCC3)C2)oc2ccccc12.Cl.Cl. The number of likely N-dealkylation sites (tertiary alicyclic amines) is 1. The Morgan fingerprint density at radius 1 is 1.13 bits per heavy atom. The summed E-state index contributed by atoms with van der Waals surface area (Å²) in [6.45, 7) is 5.74. The van der Waals surface area contributed by atoms with Gasteiger partial charge in [-0.3, -0.25) is 9.69 Å². The number of rotatable bonds is 4. The third kappa shape index (κ3) is 5.68. The van der Waals surface area contributed by atoms with Crippen LogP contribution in [0, 0.1) is 12.8 Å². The molecule has 2 aliphatic rings. The number of nitrogens with zero attached hydrogens (tertiary/aromatic N) is 1. The van der Waals surface area contributed by atoms with Gasteiger partial charge in [0, 0.05) is 49.3 Å². The second-order valence-corrected chi connectivity index (χ2v) is 8.20. The van der Waals surface area contributed by atoms with Gasteiger partial charge in [0.15, 0.2) is 0 Å². The molecule has 4 rings (SSSR count). The Labute approximate surface area is 190 Å². The molecule has 30 heavy (non-hydrogen) atoms. The monoisotopic (exact) mass is 457 g/mol. The van der Waals surface area contributed by atoms with Crippen molar-refractivity contribution in [3.05, 3.63) is 35.6 Å². The van der Waals surface area contributed by atoms with E-state index in [0.29, 0.717) is 12.6 Å². The molecule has 0 spiro atoms. The van der Waals surface area contributed by atoms with Gasteiger partial charge in [-0.15, -0.1) is 24.8 Å². The van der Waals surface area contributed by atoms with Gasteiger partial charge in [-0.05, 0) is 38.7 Å². The quantitative estimate of drug-likeness (QED) is 0.734. The molecule has 2 aromatic rings. The maximum Gasteiger partial charge on any atom is 0.224 e. The highest BCUT2D eigenvalue weighted by Gasteiger charge is 2.31. The molecule has 168 valence electrons. The first kappa shape index (κ1) is 25.0. The number of amides is 1. The molecule has 3 heterocycles. The van der Waals surface area contributed by atoms with Crippen molar-refractivity contribution in [2.24, 2.45) is 11.7 Å². The Bertz CT molecular complexity index is 823. The van der Waals surface area contributed by atoms with Crippen LogP contribution in [0.1, 0.15) is 37.0 Å². The highest BCUT2D eigenvalue weighted by atomic mass is 35.5. The summed E-state index contributed by atoms with van der Waals surface area (Å²) in [5.41, 5.74) is 8.27. The molecule has 2 fully saturated rings. The molecule has 2 saturated heterocycles. The summed E-state index contributed by atoms with van der Waals surface area (Å²) in [4.78, 5) is 15.4. The van der Waals surface area contributed by atoms with Gasteiger partial charge in [-0.2, -0.15) is 0 Å². The second kappa shape index (κ2) is 11.3. The van der Waals surface area contributed by atoms with E-state index < -0.39 is 0 Å². The van der Waals surface area contributed by atoms with Crippen LogP contribution >= 0.6 is 24.8 Å². The molecule has 2 aliphatic heterocycles. The van der Waals surface area contributed by atoms with Crippen molar-refractivity contribution in [2.75, 3.05) is 26.3 Å². The normalized spacial score (nSPS) is 23.3. The van der Waals surface area contributed by atoms with E-state index in [4.69, 9.17) is 14.9 Å². The van der Waals surface area contributed by atoms with Gasteiger partial charge in [0.05, 0.1) is 12.5 Å². The molecule has 0 saturated carbocycles. The summed E-state index contributed by atoms with van der Waals surface area (Å²) in [7, 11) is 0. The number of furan rings is 1. The highest BCUT2D eigenvalue weighted by molar-refractivity contribution is 5.85. The van der Waals surface area contributed by atoms with Crippen molar-refractivity contribution in [2.45, 2.75) is 51.2 Å². The standard InChI is InChI=1S/C22H31N3O3.2ClH/c1-15-19-4-2-3-5-20(19)28-21(15)12-24-22(26)16-6-7-17(23)14-25(13-16)18-8-10-27-11-9-18;;/h2-5,16-18H,6-14,23H2,1H3,(H,24,26);2*1H/t16-,17+;;/m1../s1. The first-order valence-electron chi connectivity index (χ1n) is 10.4. The van der Waals surface area contributed by atoms with Crippen LogP contribution in [0.15, 0.2) is 28.7 Å². The lowest BCUT2D eigenvalue weighted by atomic mass is 10.0. The van der Waals surface area contributed by atoms with Gasteiger partial charge in [0.1, 0.15) is 11.3 Å². The number of halogens is 2. The number of hydrogen-bond donors (Lipinski definition) is 2. The lowest BCUT2D eigenvalue weighted by Crippen LogP contribution is -2.47. The highest BCUT2D eigenvalue weighted by Crippen LogP contribution is 2.26. The molecule has 6 nitrogen and oxygen atoms in total. The predicted molar refractivity (Wildman–Crippen MR) is 123 cm³/mol. The fraction of sp³-hybridized carbons (Fsp3) is 0.591. The summed E-state index contributed by atoms with van der Waals surface area (Å²) in [6.07, 6.45) is 3.78. The molecular formula is C22H33Cl2N3O3. The van der Waals surface area contributed by atoms with Gasteiger partial charge in [-0.25, -0.2) is 0 Å². The van der Waals surface area contributed by atoms with Crippen LogP contribution in [0.25, 0.3) is 11.0 Å². The Balaban J connectivity index is 0.00000160. The topological polar surface area (TPSA) is 80.7 Å². The van der Waals surface area contributed by atoms with Crippen LogP contribution < -0.4 is 11.1 Å². The molecule has 1 amide bonds. The molecule has 8 heteroatoms. The van der Waals surface area contributed by atoms with Gasteiger partial charge < -0.3 is 20.2 Å². The smallest absolute Gasteiger partial charge is 0.224 e. The lowest BCUT2D eigenvalue weighted by Gasteiger charge is -2.35. The number of carbonyl (C=O) groups excluding carboxylic acids is 1. The zero-order valence-corrected chi connectivity index (χ0v) is 19.1. The summed E-state index contributed by atoms with van der Waals surface area (Å²) < 4.78 is 11.4. The van der Waals surface area contributed by atoms with Crippen LogP contribution in [-0.4, -0.2) is 49.2 Å². The van der Waals surface area contributed by atoms with Gasteiger partial charge >= 0.3 is 0 Å². The van der Waals surface area contributed by atoms with Gasteiger partial charge in [0.2, 0.25) is 5.91 Å². The van der Waals surface area contributed by atoms with E-state index in [1.165, 1.54) is 0 Å². The van der Waals surface area contributed by atoms with Crippen molar-refractivity contribution in [3.8, 4) is 0 Å². The van der Waals surface area contributed by atoms with E-state index in [9.17, 15) is 4.79 Å². The summed E-state index contributed by atoms with van der Waals surface area (Å²) in [5, 5.41) is 4.22. The van der Waals surface area contributed by atoms with E-state index in [0.717, 1.165) is 74.3 Å².